The van der Waals surface area contributed by atoms with E-state index in [1.54, 1.807) is 17.4 Å². The number of hydrogen-bond acceptors (Lipinski definition) is 3. The first-order chi connectivity index (χ1) is 13.2. The summed E-state index contributed by atoms with van der Waals surface area (Å²) in [5, 5.41) is 3.77. The second-order valence-corrected chi connectivity index (χ2v) is 8.95. The van der Waals surface area contributed by atoms with Crippen LogP contribution in [-0.2, 0) is 11.8 Å². The number of carbonyl (C=O) groups is 1. The maximum atomic E-state index is 13.4. The highest BCUT2D eigenvalue weighted by Gasteiger charge is 2.15. The van der Waals surface area contributed by atoms with Crippen molar-refractivity contribution in [1.82, 2.24) is 10.3 Å². The van der Waals surface area contributed by atoms with E-state index in [4.69, 9.17) is 0 Å². The Labute approximate surface area is 169 Å². The molecule has 146 valence electrons. The molecule has 0 unspecified atom stereocenters. The van der Waals surface area contributed by atoms with Crippen molar-refractivity contribution in [2.45, 2.75) is 39.5 Å². The van der Waals surface area contributed by atoms with Gasteiger partial charge in [0.15, 0.2) is 0 Å². The van der Waals surface area contributed by atoms with E-state index in [0.717, 1.165) is 21.1 Å². The molecule has 0 atom stereocenters. The average molecular weight is 397 g/mol. The van der Waals surface area contributed by atoms with E-state index in [-0.39, 0.29) is 17.1 Å². The molecule has 0 aliphatic rings. The SMILES string of the molecule is Cc1nc(-c2cccc(F)c2)sc1CCNC(=O)c1ccc(C(C)(C)C)cc1. The van der Waals surface area contributed by atoms with E-state index in [1.165, 1.54) is 17.7 Å². The maximum absolute atomic E-state index is 13.4. The summed E-state index contributed by atoms with van der Waals surface area (Å²) in [5.41, 5.74) is 3.64. The number of nitrogens with one attached hydrogen (secondary N) is 1. The van der Waals surface area contributed by atoms with Crippen LogP contribution in [0.3, 0.4) is 0 Å². The summed E-state index contributed by atoms with van der Waals surface area (Å²) in [7, 11) is 0. The van der Waals surface area contributed by atoms with E-state index in [1.807, 2.05) is 37.3 Å². The zero-order valence-electron chi connectivity index (χ0n) is 16.7. The first-order valence-electron chi connectivity index (χ1n) is 9.35. The highest BCUT2D eigenvalue weighted by molar-refractivity contribution is 7.15. The molecule has 0 aliphatic carbocycles. The molecule has 1 heterocycles. The molecule has 28 heavy (non-hydrogen) atoms. The number of aryl methyl sites for hydroxylation is 1. The monoisotopic (exact) mass is 396 g/mol. The minimum Gasteiger partial charge on any atom is -0.352 e. The number of rotatable bonds is 5. The molecule has 1 amide bonds. The largest absolute Gasteiger partial charge is 0.352 e. The Morgan fingerprint density at radius 1 is 1.14 bits per heavy atom. The second kappa shape index (κ2) is 8.23. The Morgan fingerprint density at radius 3 is 2.50 bits per heavy atom. The predicted octanol–water partition coefficient (Wildman–Crippen LogP) is 5.53. The van der Waals surface area contributed by atoms with Gasteiger partial charge in [0.1, 0.15) is 10.8 Å². The Bertz CT molecular complexity index is 971. The number of nitrogens with zero attached hydrogens (tertiary/aromatic N) is 1. The predicted molar refractivity (Wildman–Crippen MR) is 113 cm³/mol. The third-order valence-corrected chi connectivity index (χ3v) is 5.88. The van der Waals surface area contributed by atoms with E-state index < -0.39 is 0 Å². The van der Waals surface area contributed by atoms with Gasteiger partial charge in [-0.1, -0.05) is 45.0 Å². The number of thiazole rings is 1. The van der Waals surface area contributed by atoms with Crippen LogP contribution >= 0.6 is 11.3 Å². The van der Waals surface area contributed by atoms with Crippen LogP contribution in [0, 0.1) is 12.7 Å². The minimum atomic E-state index is -0.267. The van der Waals surface area contributed by atoms with Gasteiger partial charge in [-0.25, -0.2) is 9.37 Å². The van der Waals surface area contributed by atoms with Gasteiger partial charge in [0.05, 0.1) is 5.69 Å². The lowest BCUT2D eigenvalue weighted by molar-refractivity contribution is 0.0954. The standard InChI is InChI=1S/C23H25FN2OS/c1-15-20(28-22(26-15)17-6-5-7-19(24)14-17)12-13-25-21(27)16-8-10-18(11-9-16)23(2,3)4/h5-11,14H,12-13H2,1-4H3,(H,25,27). The number of aromatic nitrogens is 1. The molecule has 3 nitrogen and oxygen atoms in total. The molecule has 5 heteroatoms. The zero-order chi connectivity index (χ0) is 20.3. The van der Waals surface area contributed by atoms with Crippen LogP contribution < -0.4 is 5.32 Å². The molecule has 2 aromatic carbocycles. The number of carbonyl (C=O) groups excluding carboxylic acids is 1. The van der Waals surface area contributed by atoms with Crippen LogP contribution in [-0.4, -0.2) is 17.4 Å². The normalized spacial score (nSPS) is 11.5. The fourth-order valence-corrected chi connectivity index (χ4v) is 3.98. The third kappa shape index (κ3) is 4.84. The fourth-order valence-electron chi connectivity index (χ4n) is 2.92. The second-order valence-electron chi connectivity index (χ2n) is 7.87. The third-order valence-electron chi connectivity index (χ3n) is 4.61. The van der Waals surface area contributed by atoms with Crippen molar-refractivity contribution in [1.29, 1.82) is 0 Å². The molecule has 0 bridgehead atoms. The molecule has 3 rings (SSSR count). The summed E-state index contributed by atoms with van der Waals surface area (Å²) in [6, 6.07) is 14.2. The van der Waals surface area contributed by atoms with Gasteiger partial charge < -0.3 is 5.32 Å². The molecule has 0 aliphatic heterocycles. The van der Waals surface area contributed by atoms with Crippen molar-refractivity contribution in [2.24, 2.45) is 0 Å². The molecule has 0 fully saturated rings. The van der Waals surface area contributed by atoms with E-state index in [0.29, 0.717) is 18.5 Å². The lowest BCUT2D eigenvalue weighted by atomic mass is 9.87. The molecular weight excluding hydrogens is 371 g/mol. The molecule has 0 spiro atoms. The van der Waals surface area contributed by atoms with Crippen molar-refractivity contribution >= 4 is 17.2 Å². The minimum absolute atomic E-state index is 0.0675. The fraction of sp³-hybridized carbons (Fsp3) is 0.304. The zero-order valence-corrected chi connectivity index (χ0v) is 17.5. The van der Waals surface area contributed by atoms with Crippen molar-refractivity contribution < 1.29 is 9.18 Å². The number of halogens is 1. The number of benzene rings is 2. The topological polar surface area (TPSA) is 42.0 Å². The summed E-state index contributed by atoms with van der Waals surface area (Å²) in [6.07, 6.45) is 0.699. The number of hydrogen-bond donors (Lipinski definition) is 1. The van der Waals surface area contributed by atoms with E-state index in [2.05, 4.69) is 31.1 Å². The van der Waals surface area contributed by atoms with Gasteiger partial charge in [-0.2, -0.15) is 0 Å². The maximum Gasteiger partial charge on any atom is 0.251 e. The lowest BCUT2D eigenvalue weighted by Gasteiger charge is -2.19. The van der Waals surface area contributed by atoms with Crippen molar-refractivity contribution in [3.8, 4) is 10.6 Å². The van der Waals surface area contributed by atoms with Gasteiger partial charge in [-0.15, -0.1) is 11.3 Å². The molecule has 0 saturated heterocycles. The van der Waals surface area contributed by atoms with E-state index in [9.17, 15) is 9.18 Å². The van der Waals surface area contributed by atoms with Crippen LogP contribution in [0.1, 0.15) is 47.3 Å². The number of amides is 1. The summed E-state index contributed by atoms with van der Waals surface area (Å²) < 4.78 is 13.4. The van der Waals surface area contributed by atoms with Crippen LogP contribution in [0.2, 0.25) is 0 Å². The summed E-state index contributed by atoms with van der Waals surface area (Å²) >= 11 is 1.54. The van der Waals surface area contributed by atoms with Gasteiger partial charge in [-0.3, -0.25) is 4.79 Å². The Kier molecular flexibility index (Phi) is 5.94. The van der Waals surface area contributed by atoms with Crippen molar-refractivity contribution in [2.75, 3.05) is 6.54 Å². The Morgan fingerprint density at radius 2 is 1.86 bits per heavy atom. The Balaban J connectivity index is 1.60. The van der Waals surface area contributed by atoms with Gasteiger partial charge >= 0.3 is 0 Å². The highest BCUT2D eigenvalue weighted by atomic mass is 32.1. The van der Waals surface area contributed by atoms with E-state index >= 15 is 0 Å². The average Bonchev–Trinajstić information content (AvgIpc) is 3.02. The summed E-state index contributed by atoms with van der Waals surface area (Å²) in [6.45, 7) is 8.93. The summed E-state index contributed by atoms with van der Waals surface area (Å²) in [5.74, 6) is -0.343. The van der Waals surface area contributed by atoms with Gasteiger partial charge in [0.25, 0.3) is 5.91 Å². The molecule has 1 N–H and O–H groups in total. The Hall–Kier alpha value is -2.53. The van der Waals surface area contributed by atoms with Crippen LogP contribution in [0.4, 0.5) is 4.39 Å². The molecular formula is C23H25FN2OS. The van der Waals surface area contributed by atoms with Crippen molar-refractivity contribution in [3.63, 3.8) is 0 Å². The van der Waals surface area contributed by atoms with Gasteiger partial charge in [-0.05, 0) is 42.2 Å². The van der Waals surface area contributed by atoms with Crippen LogP contribution in [0.25, 0.3) is 10.6 Å². The summed E-state index contributed by atoms with van der Waals surface area (Å²) in [4.78, 5) is 18.0. The molecule has 0 radical (unpaired) electrons. The van der Waals surface area contributed by atoms with Gasteiger partial charge in [0, 0.05) is 29.0 Å². The smallest absolute Gasteiger partial charge is 0.251 e. The quantitative estimate of drug-likeness (QED) is 0.616. The van der Waals surface area contributed by atoms with Crippen LogP contribution in [0.15, 0.2) is 48.5 Å². The van der Waals surface area contributed by atoms with Crippen molar-refractivity contribution in [3.05, 3.63) is 76.0 Å². The first-order valence-corrected chi connectivity index (χ1v) is 10.2. The van der Waals surface area contributed by atoms with Gasteiger partial charge in [0.2, 0.25) is 0 Å². The lowest BCUT2D eigenvalue weighted by Crippen LogP contribution is -2.25. The molecule has 3 aromatic rings. The highest BCUT2D eigenvalue weighted by Crippen LogP contribution is 2.28. The molecule has 0 saturated carbocycles. The molecule has 1 aromatic heterocycles. The van der Waals surface area contributed by atoms with Crippen LogP contribution in [0.5, 0.6) is 0 Å². The first kappa shape index (κ1) is 20.2.